The molecule has 1 fully saturated rings. The molecule has 34 heavy (non-hydrogen) atoms. The summed E-state index contributed by atoms with van der Waals surface area (Å²) in [6.45, 7) is 5.72. The second kappa shape index (κ2) is 11.3. The molecule has 0 bridgehead atoms. The van der Waals surface area contributed by atoms with Crippen LogP contribution in [0.4, 0.5) is 10.5 Å². The van der Waals surface area contributed by atoms with Crippen molar-refractivity contribution in [2.24, 2.45) is 0 Å². The quantitative estimate of drug-likeness (QED) is 0.468. The largest absolute Gasteiger partial charge is 0.495 e. The number of rotatable bonds is 9. The summed E-state index contributed by atoms with van der Waals surface area (Å²) in [5.41, 5.74) is 1.09. The molecular weight excluding hydrogens is 480 g/mol. The van der Waals surface area contributed by atoms with E-state index in [1.54, 1.807) is 36.4 Å². The van der Waals surface area contributed by atoms with Crippen LogP contribution in [-0.2, 0) is 9.59 Å². The van der Waals surface area contributed by atoms with Crippen molar-refractivity contribution < 1.29 is 28.6 Å². The molecule has 0 aromatic heterocycles. The van der Waals surface area contributed by atoms with Gasteiger partial charge < -0.3 is 19.5 Å². The molecule has 8 nitrogen and oxygen atoms in total. The van der Waals surface area contributed by atoms with Crippen LogP contribution in [0, 0.1) is 0 Å². The minimum Gasteiger partial charge on any atom is -0.495 e. The number of thioether (sulfide) groups is 1. The van der Waals surface area contributed by atoms with Gasteiger partial charge in [-0.2, -0.15) is 0 Å². The van der Waals surface area contributed by atoms with Gasteiger partial charge in [0, 0.05) is 5.69 Å². The van der Waals surface area contributed by atoms with Crippen LogP contribution in [0.1, 0.15) is 26.3 Å². The number of benzene rings is 2. The molecule has 0 atom stereocenters. The van der Waals surface area contributed by atoms with Crippen LogP contribution < -0.4 is 19.5 Å². The molecule has 0 saturated carbocycles. The number of anilines is 1. The normalized spacial score (nSPS) is 14.6. The van der Waals surface area contributed by atoms with Crippen LogP contribution in [0.15, 0.2) is 41.3 Å². The average molecular weight is 505 g/mol. The van der Waals surface area contributed by atoms with E-state index in [0.717, 1.165) is 16.7 Å². The maximum atomic E-state index is 12.8. The number of halogens is 1. The molecule has 2 aromatic rings. The topological polar surface area (TPSA) is 94.2 Å². The molecular formula is C24H25ClN2O6S. The van der Waals surface area contributed by atoms with E-state index in [2.05, 4.69) is 5.32 Å². The van der Waals surface area contributed by atoms with Crippen LogP contribution >= 0.6 is 23.4 Å². The number of nitrogens with one attached hydrogen (secondary N) is 1. The molecule has 2 aromatic carbocycles. The van der Waals surface area contributed by atoms with E-state index in [-0.39, 0.29) is 11.0 Å². The first kappa shape index (κ1) is 25.5. The molecule has 3 amide bonds. The molecule has 1 aliphatic heterocycles. The van der Waals surface area contributed by atoms with E-state index in [4.69, 9.17) is 25.8 Å². The van der Waals surface area contributed by atoms with Gasteiger partial charge in [-0.25, -0.2) is 0 Å². The van der Waals surface area contributed by atoms with Crippen LogP contribution in [0.3, 0.4) is 0 Å². The second-order valence-corrected chi connectivity index (χ2v) is 8.87. The number of ether oxygens (including phenoxy) is 3. The summed E-state index contributed by atoms with van der Waals surface area (Å²) < 4.78 is 16.5. The zero-order valence-corrected chi connectivity index (χ0v) is 20.8. The Bertz CT molecular complexity index is 1130. The van der Waals surface area contributed by atoms with E-state index in [9.17, 15) is 14.4 Å². The summed E-state index contributed by atoms with van der Waals surface area (Å²) in [6.07, 6.45) is 1.56. The summed E-state index contributed by atoms with van der Waals surface area (Å²) in [4.78, 5) is 38.8. The molecule has 1 heterocycles. The Morgan fingerprint density at radius 1 is 1.15 bits per heavy atom. The molecule has 0 aliphatic carbocycles. The lowest BCUT2D eigenvalue weighted by Crippen LogP contribution is -2.36. The van der Waals surface area contributed by atoms with Gasteiger partial charge in [-0.1, -0.05) is 17.7 Å². The van der Waals surface area contributed by atoms with Gasteiger partial charge in [0.1, 0.15) is 12.3 Å². The third kappa shape index (κ3) is 6.24. The Balaban J connectivity index is 1.72. The van der Waals surface area contributed by atoms with Crippen LogP contribution in [0.5, 0.6) is 17.2 Å². The fourth-order valence-electron chi connectivity index (χ4n) is 3.11. The molecule has 1 N–H and O–H groups in total. The summed E-state index contributed by atoms with van der Waals surface area (Å²) in [5.74, 6) is 0.531. The van der Waals surface area contributed by atoms with Gasteiger partial charge in [-0.05, 0) is 74.5 Å². The number of imide groups is 1. The number of amides is 3. The molecule has 0 radical (unpaired) electrons. The summed E-state index contributed by atoms with van der Waals surface area (Å²) in [5, 5.41) is 2.43. The molecule has 0 spiro atoms. The minimum atomic E-state index is -0.543. The molecule has 3 rings (SSSR count). The third-order valence-electron chi connectivity index (χ3n) is 4.54. The van der Waals surface area contributed by atoms with Gasteiger partial charge in [0.2, 0.25) is 5.91 Å². The van der Waals surface area contributed by atoms with Gasteiger partial charge in [0.05, 0.1) is 29.7 Å². The van der Waals surface area contributed by atoms with Crippen molar-refractivity contribution in [1.82, 2.24) is 4.90 Å². The lowest BCUT2D eigenvalue weighted by atomic mass is 10.1. The monoisotopic (exact) mass is 504 g/mol. The SMILES string of the molecule is CCOc1cc(/C=C2/SC(=O)N(CC(=O)Nc3ccc(OC)c(Cl)c3)C2=O)ccc1OC(C)C. The summed E-state index contributed by atoms with van der Waals surface area (Å²) in [7, 11) is 1.48. The van der Waals surface area contributed by atoms with Gasteiger partial charge in [0.25, 0.3) is 11.1 Å². The second-order valence-electron chi connectivity index (χ2n) is 7.47. The number of methoxy groups -OCH3 is 1. The predicted octanol–water partition coefficient (Wildman–Crippen LogP) is 5.21. The summed E-state index contributed by atoms with van der Waals surface area (Å²) in [6, 6.07) is 10.0. The number of hydrogen-bond acceptors (Lipinski definition) is 7. The molecule has 0 unspecified atom stereocenters. The highest BCUT2D eigenvalue weighted by Gasteiger charge is 2.36. The van der Waals surface area contributed by atoms with E-state index < -0.39 is 23.6 Å². The van der Waals surface area contributed by atoms with Crippen LogP contribution in [-0.4, -0.2) is 48.3 Å². The van der Waals surface area contributed by atoms with Crippen molar-refractivity contribution >= 4 is 52.2 Å². The average Bonchev–Trinajstić information content (AvgIpc) is 3.03. The maximum Gasteiger partial charge on any atom is 0.294 e. The highest BCUT2D eigenvalue weighted by atomic mass is 35.5. The fraction of sp³-hybridized carbons (Fsp3) is 0.292. The Kier molecular flexibility index (Phi) is 8.46. The highest BCUT2D eigenvalue weighted by Crippen LogP contribution is 2.35. The van der Waals surface area contributed by atoms with Gasteiger partial charge >= 0.3 is 0 Å². The van der Waals surface area contributed by atoms with Crippen molar-refractivity contribution in [3.63, 3.8) is 0 Å². The van der Waals surface area contributed by atoms with Crippen molar-refractivity contribution in [2.45, 2.75) is 26.9 Å². The lowest BCUT2D eigenvalue weighted by molar-refractivity contribution is -0.127. The van der Waals surface area contributed by atoms with E-state index in [1.165, 1.54) is 13.2 Å². The van der Waals surface area contributed by atoms with E-state index in [1.807, 2.05) is 20.8 Å². The van der Waals surface area contributed by atoms with Crippen LogP contribution in [0.25, 0.3) is 6.08 Å². The smallest absolute Gasteiger partial charge is 0.294 e. The molecule has 10 heteroatoms. The van der Waals surface area contributed by atoms with Crippen molar-refractivity contribution in [3.8, 4) is 17.2 Å². The predicted molar refractivity (Wildman–Crippen MR) is 133 cm³/mol. The zero-order chi connectivity index (χ0) is 24.8. The Labute approximate surface area is 207 Å². The first-order valence-corrected chi connectivity index (χ1v) is 11.7. The highest BCUT2D eigenvalue weighted by molar-refractivity contribution is 8.18. The standard InChI is InChI=1S/C24H25ClN2O6S/c1-5-32-20-10-15(6-8-19(20)33-14(2)3)11-21-23(29)27(24(30)34-21)13-22(28)26-16-7-9-18(31-4)17(25)12-16/h6-12,14H,5,13H2,1-4H3,(H,26,28)/b21-11+. The number of hydrogen-bond donors (Lipinski definition) is 1. The number of nitrogens with zero attached hydrogens (tertiary/aromatic N) is 1. The van der Waals surface area contributed by atoms with Gasteiger partial charge in [0.15, 0.2) is 11.5 Å². The van der Waals surface area contributed by atoms with Crippen LogP contribution in [0.2, 0.25) is 5.02 Å². The zero-order valence-electron chi connectivity index (χ0n) is 19.2. The van der Waals surface area contributed by atoms with E-state index in [0.29, 0.717) is 40.1 Å². The minimum absolute atomic E-state index is 0.0263. The lowest BCUT2D eigenvalue weighted by Gasteiger charge is -2.15. The third-order valence-corrected chi connectivity index (χ3v) is 5.74. The summed E-state index contributed by atoms with van der Waals surface area (Å²) >= 11 is 6.84. The first-order chi connectivity index (χ1) is 16.2. The maximum absolute atomic E-state index is 12.8. The van der Waals surface area contributed by atoms with Crippen molar-refractivity contribution in [1.29, 1.82) is 0 Å². The number of carbonyl (C=O) groups is 3. The van der Waals surface area contributed by atoms with Crippen molar-refractivity contribution in [3.05, 3.63) is 51.9 Å². The van der Waals surface area contributed by atoms with E-state index >= 15 is 0 Å². The van der Waals surface area contributed by atoms with Gasteiger partial charge in [-0.15, -0.1) is 0 Å². The van der Waals surface area contributed by atoms with Gasteiger partial charge in [-0.3, -0.25) is 19.3 Å². The molecule has 1 aliphatic rings. The fourth-order valence-corrected chi connectivity index (χ4v) is 4.21. The Hall–Kier alpha value is -3.17. The Morgan fingerprint density at radius 3 is 2.53 bits per heavy atom. The molecule has 1 saturated heterocycles. The first-order valence-electron chi connectivity index (χ1n) is 10.5. The number of carbonyl (C=O) groups excluding carboxylic acids is 3. The van der Waals surface area contributed by atoms with Crippen molar-refractivity contribution in [2.75, 3.05) is 25.6 Å². The molecule has 180 valence electrons. The Morgan fingerprint density at radius 2 is 1.88 bits per heavy atom.